The molecule has 9 heteroatoms. The largest absolute Gasteiger partial charge is 0.445 e. The van der Waals surface area contributed by atoms with Crippen LogP contribution in [0.15, 0.2) is 40.8 Å². The van der Waals surface area contributed by atoms with Crippen molar-refractivity contribution in [1.29, 1.82) is 0 Å². The number of alkyl halides is 2. The summed E-state index contributed by atoms with van der Waals surface area (Å²) in [4.78, 5) is 35.0. The van der Waals surface area contributed by atoms with Gasteiger partial charge in [0.15, 0.2) is 0 Å². The summed E-state index contributed by atoms with van der Waals surface area (Å²) in [5.74, 6) is -2.29. The number of rotatable bonds is 3. The Kier molecular flexibility index (Phi) is 4.91. The molecule has 166 valence electrons. The highest BCUT2D eigenvalue weighted by Gasteiger charge is 2.61. The van der Waals surface area contributed by atoms with E-state index in [2.05, 4.69) is 15.3 Å². The third-order valence-electron chi connectivity index (χ3n) is 6.34. The number of aromatic nitrogens is 2. The van der Waals surface area contributed by atoms with E-state index in [-0.39, 0.29) is 18.2 Å². The van der Waals surface area contributed by atoms with E-state index in [4.69, 9.17) is 4.42 Å². The third kappa shape index (κ3) is 3.94. The van der Waals surface area contributed by atoms with Crippen LogP contribution in [0.4, 0.5) is 14.6 Å². The topological polar surface area (TPSA) is 88.3 Å². The molecule has 2 amide bonds. The van der Waals surface area contributed by atoms with Crippen molar-refractivity contribution in [3.8, 4) is 0 Å². The van der Waals surface area contributed by atoms with Gasteiger partial charge in [0.1, 0.15) is 12.1 Å². The second-order valence-electron chi connectivity index (χ2n) is 8.73. The summed E-state index contributed by atoms with van der Waals surface area (Å²) >= 11 is 0. The maximum absolute atomic E-state index is 13.4. The molecule has 0 atom stereocenters. The maximum atomic E-state index is 13.4. The van der Waals surface area contributed by atoms with Crippen molar-refractivity contribution in [3.63, 3.8) is 0 Å². The Morgan fingerprint density at radius 1 is 1.22 bits per heavy atom. The van der Waals surface area contributed by atoms with Gasteiger partial charge in [0.05, 0.1) is 11.6 Å². The molecule has 0 bridgehead atoms. The monoisotopic (exact) mass is 440 g/mol. The number of carbonyl (C=O) groups is 2. The average Bonchev–Trinajstić information content (AvgIpc) is 3.25. The van der Waals surface area contributed by atoms with Gasteiger partial charge in [-0.3, -0.25) is 9.59 Å². The number of nitrogens with zero attached hydrogens (tertiary/aromatic N) is 3. The molecule has 3 aliphatic rings. The van der Waals surface area contributed by atoms with Crippen molar-refractivity contribution in [2.75, 3.05) is 18.4 Å². The zero-order chi connectivity index (χ0) is 22.3. The predicted molar refractivity (Wildman–Crippen MR) is 113 cm³/mol. The lowest BCUT2D eigenvalue weighted by Crippen LogP contribution is -2.56. The second-order valence-corrected chi connectivity index (χ2v) is 8.73. The normalized spacial score (nSPS) is 21.2. The lowest BCUT2D eigenvalue weighted by molar-refractivity contribution is -0.175. The van der Waals surface area contributed by atoms with Crippen molar-refractivity contribution in [2.45, 2.75) is 38.0 Å². The van der Waals surface area contributed by atoms with Gasteiger partial charge in [-0.25, -0.2) is 18.7 Å². The number of oxazole rings is 1. The van der Waals surface area contributed by atoms with Crippen molar-refractivity contribution < 1.29 is 22.8 Å². The van der Waals surface area contributed by atoms with Gasteiger partial charge < -0.3 is 14.6 Å². The fourth-order valence-corrected chi connectivity index (χ4v) is 4.69. The van der Waals surface area contributed by atoms with E-state index in [1.54, 1.807) is 29.4 Å². The Labute approximate surface area is 183 Å². The Bertz CT molecular complexity index is 1110. The number of halogens is 2. The van der Waals surface area contributed by atoms with Crippen LogP contribution in [0, 0.1) is 5.41 Å². The molecule has 1 saturated carbocycles. The average molecular weight is 440 g/mol. The lowest BCUT2D eigenvalue weighted by atomic mass is 9.61. The molecule has 1 saturated heterocycles. The van der Waals surface area contributed by atoms with Gasteiger partial charge in [0.2, 0.25) is 23.6 Å². The number of nitrogens with one attached hydrogen (secondary N) is 1. The number of hydrogen-bond donors (Lipinski definition) is 1. The molecule has 0 unspecified atom stereocenters. The number of piperidine rings is 1. The van der Waals surface area contributed by atoms with E-state index in [1.807, 2.05) is 6.08 Å². The number of anilines is 1. The van der Waals surface area contributed by atoms with Gasteiger partial charge >= 0.3 is 0 Å². The summed E-state index contributed by atoms with van der Waals surface area (Å²) in [6.45, 7) is 1.22. The molecule has 2 aromatic rings. The van der Waals surface area contributed by atoms with E-state index in [1.165, 1.54) is 17.9 Å². The molecular weight excluding hydrogens is 418 g/mol. The van der Waals surface area contributed by atoms with Crippen molar-refractivity contribution >= 4 is 29.8 Å². The first-order chi connectivity index (χ1) is 15.3. The van der Waals surface area contributed by atoms with Crippen LogP contribution in [0.1, 0.15) is 42.7 Å². The number of carbonyl (C=O) groups excluding carboxylic acids is 2. The maximum Gasteiger partial charge on any atom is 0.250 e. The zero-order valence-corrected chi connectivity index (χ0v) is 17.3. The molecule has 2 aliphatic heterocycles. The summed E-state index contributed by atoms with van der Waals surface area (Å²) < 4.78 is 32.1. The van der Waals surface area contributed by atoms with Gasteiger partial charge in [-0.15, -0.1) is 0 Å². The molecular formula is C23H22F2N4O3. The first-order valence-electron chi connectivity index (χ1n) is 10.6. The predicted octanol–water partition coefficient (Wildman–Crippen LogP) is 3.70. The van der Waals surface area contributed by atoms with Gasteiger partial charge in [-0.1, -0.05) is 5.57 Å². The molecule has 1 aliphatic carbocycles. The van der Waals surface area contributed by atoms with Crippen LogP contribution in [0.3, 0.4) is 0 Å². The van der Waals surface area contributed by atoms with Gasteiger partial charge in [0.25, 0.3) is 0 Å². The highest BCUT2D eigenvalue weighted by Crippen LogP contribution is 2.56. The molecule has 2 fully saturated rings. The van der Waals surface area contributed by atoms with Crippen molar-refractivity contribution in [3.05, 3.63) is 53.4 Å². The van der Waals surface area contributed by atoms with Crippen LogP contribution in [0.2, 0.25) is 0 Å². The van der Waals surface area contributed by atoms with Crippen LogP contribution < -0.4 is 5.32 Å². The second kappa shape index (κ2) is 7.65. The first-order valence-corrected chi connectivity index (χ1v) is 10.6. The molecule has 2 aromatic heterocycles. The van der Waals surface area contributed by atoms with E-state index in [9.17, 15) is 18.4 Å². The van der Waals surface area contributed by atoms with Crippen LogP contribution >= 0.6 is 0 Å². The highest BCUT2D eigenvalue weighted by atomic mass is 19.3. The van der Waals surface area contributed by atoms with Crippen LogP contribution in [-0.4, -0.2) is 45.7 Å². The number of fused-ring (bicyclic) bond motifs is 1. The van der Waals surface area contributed by atoms with Crippen LogP contribution in [-0.2, 0) is 16.0 Å². The highest BCUT2D eigenvalue weighted by molar-refractivity contribution is 5.98. The van der Waals surface area contributed by atoms with E-state index < -0.39 is 24.2 Å². The van der Waals surface area contributed by atoms with Gasteiger partial charge in [0, 0.05) is 38.2 Å². The molecule has 0 radical (unpaired) electrons. The third-order valence-corrected chi connectivity index (χ3v) is 6.34. The summed E-state index contributed by atoms with van der Waals surface area (Å²) in [7, 11) is 0. The van der Waals surface area contributed by atoms with E-state index in [0.717, 1.165) is 12.8 Å². The van der Waals surface area contributed by atoms with Crippen molar-refractivity contribution in [2.24, 2.45) is 5.41 Å². The summed E-state index contributed by atoms with van der Waals surface area (Å²) in [5.41, 5.74) is 1.54. The smallest absolute Gasteiger partial charge is 0.250 e. The van der Waals surface area contributed by atoms with E-state index >= 15 is 0 Å². The zero-order valence-electron chi connectivity index (χ0n) is 17.3. The van der Waals surface area contributed by atoms with E-state index in [0.29, 0.717) is 35.9 Å². The number of pyridine rings is 1. The lowest BCUT2D eigenvalue weighted by Gasteiger charge is -2.48. The molecule has 0 aromatic carbocycles. The quantitative estimate of drug-likeness (QED) is 0.736. The fraction of sp³-hybridized carbons (Fsp3) is 0.391. The van der Waals surface area contributed by atoms with Crippen LogP contribution in [0.25, 0.3) is 12.2 Å². The molecule has 1 N–H and O–H groups in total. The minimum absolute atomic E-state index is 0.0960. The van der Waals surface area contributed by atoms with Gasteiger partial charge in [-0.2, -0.15) is 0 Å². The van der Waals surface area contributed by atoms with Gasteiger partial charge in [-0.05, 0) is 48.6 Å². The minimum Gasteiger partial charge on any atom is -0.445 e. The summed E-state index contributed by atoms with van der Waals surface area (Å²) in [6, 6.07) is 1.80. The van der Waals surface area contributed by atoms with Crippen molar-refractivity contribution in [1.82, 2.24) is 14.9 Å². The molecule has 7 nitrogen and oxygen atoms in total. The Morgan fingerprint density at radius 3 is 2.69 bits per heavy atom. The Balaban J connectivity index is 1.22. The number of likely N-dealkylation sites (tertiary alicyclic amines) is 1. The first kappa shape index (κ1) is 20.5. The molecule has 5 rings (SSSR count). The summed E-state index contributed by atoms with van der Waals surface area (Å²) in [6.07, 6.45) is 10.6. The minimum atomic E-state index is -2.79. The fourth-order valence-electron chi connectivity index (χ4n) is 4.69. The standard InChI is InChI=1S/C23H22F2N4O3/c24-23(25)13-22(14-23)11-17-9-16(12-27-20(17)28-21(22)31)1-2-19(30)29-6-3-15(4-7-29)10-18-26-5-8-32-18/h1-2,5,8-10,12H,3-4,6-7,11,13-14H2,(H,27,28,31). The number of hydrogen-bond acceptors (Lipinski definition) is 5. The molecule has 32 heavy (non-hydrogen) atoms. The molecule has 4 heterocycles. The Morgan fingerprint density at radius 2 is 2.00 bits per heavy atom. The SMILES string of the molecule is O=C(C=Cc1cnc2c(c1)CC1(CC(F)(F)C1)C(=O)N2)N1CCC(=Cc2ncco2)CC1. The molecule has 1 spiro atoms. The Hall–Kier alpha value is -3.36. The summed E-state index contributed by atoms with van der Waals surface area (Å²) in [5, 5.41) is 2.65. The number of amides is 2. The van der Waals surface area contributed by atoms with Crippen LogP contribution in [0.5, 0.6) is 0 Å².